The molecule has 6 nitrogen and oxygen atoms in total. The zero-order chi connectivity index (χ0) is 19.8. The summed E-state index contributed by atoms with van der Waals surface area (Å²) in [6.07, 6.45) is 6.53. The largest absolute Gasteiger partial charge is 0.370 e. The first kappa shape index (κ1) is 20.6. The van der Waals surface area contributed by atoms with Crippen molar-refractivity contribution in [1.29, 1.82) is 0 Å². The molecule has 1 saturated heterocycles. The molecule has 0 radical (unpaired) electrons. The Labute approximate surface area is 171 Å². The fourth-order valence-corrected chi connectivity index (χ4v) is 4.37. The van der Waals surface area contributed by atoms with Gasteiger partial charge in [-0.3, -0.25) is 4.79 Å². The summed E-state index contributed by atoms with van der Waals surface area (Å²) in [7, 11) is 0. The van der Waals surface area contributed by atoms with Crippen LogP contribution < -0.4 is 15.5 Å². The van der Waals surface area contributed by atoms with Crippen LogP contribution in [0.25, 0.3) is 0 Å². The van der Waals surface area contributed by atoms with Crippen LogP contribution in [-0.2, 0) is 4.79 Å². The maximum absolute atomic E-state index is 12.3. The summed E-state index contributed by atoms with van der Waals surface area (Å²) in [4.78, 5) is 24.6. The highest BCUT2D eigenvalue weighted by Gasteiger charge is 2.22. The number of hydrogen-bond donors (Lipinski definition) is 2. The van der Waals surface area contributed by atoms with Crippen LogP contribution in [0.5, 0.6) is 0 Å². The van der Waals surface area contributed by atoms with Gasteiger partial charge >= 0.3 is 0 Å². The Morgan fingerprint density at radius 1 is 1.43 bits per heavy atom. The Morgan fingerprint density at radius 2 is 2.32 bits per heavy atom. The van der Waals surface area contributed by atoms with Gasteiger partial charge in [0.2, 0.25) is 5.91 Å². The van der Waals surface area contributed by atoms with Crippen molar-refractivity contribution in [3.05, 3.63) is 34.8 Å². The van der Waals surface area contributed by atoms with Crippen molar-refractivity contribution < 1.29 is 4.79 Å². The van der Waals surface area contributed by atoms with Gasteiger partial charge in [-0.25, -0.2) is 9.97 Å². The molecule has 0 spiro atoms. The standard InChI is InChI=1S/C21H31N5OS/c1-3-10-22-19-13-20(24-15-23-19)26-11-4-6-17(14-26)8-9-21(27)25-16(2)18-7-5-12-28-18/h5,7,12-13,15-17H,3-4,6,8-11,14H2,1-2H3,(H,25,27)(H,22,23,24)/t16-,17+/m0/s1. The maximum Gasteiger partial charge on any atom is 0.220 e. The third-order valence-corrected chi connectivity index (χ3v) is 6.23. The van der Waals surface area contributed by atoms with Crippen LogP contribution >= 0.6 is 11.3 Å². The zero-order valence-corrected chi connectivity index (χ0v) is 17.7. The number of piperidine rings is 1. The van der Waals surface area contributed by atoms with E-state index < -0.39 is 0 Å². The van der Waals surface area contributed by atoms with E-state index in [1.165, 1.54) is 11.3 Å². The summed E-state index contributed by atoms with van der Waals surface area (Å²) in [6, 6.07) is 6.22. The van der Waals surface area contributed by atoms with Crippen LogP contribution in [0, 0.1) is 5.92 Å². The highest BCUT2D eigenvalue weighted by molar-refractivity contribution is 7.10. The van der Waals surface area contributed by atoms with Gasteiger partial charge < -0.3 is 15.5 Å². The van der Waals surface area contributed by atoms with Gasteiger partial charge in [-0.05, 0) is 50.0 Å². The van der Waals surface area contributed by atoms with Crippen LogP contribution in [0.3, 0.4) is 0 Å². The molecule has 0 unspecified atom stereocenters. The predicted molar refractivity (Wildman–Crippen MR) is 116 cm³/mol. The molecule has 7 heteroatoms. The lowest BCUT2D eigenvalue weighted by Gasteiger charge is -2.33. The van der Waals surface area contributed by atoms with Crippen molar-refractivity contribution in [3.63, 3.8) is 0 Å². The number of amides is 1. The summed E-state index contributed by atoms with van der Waals surface area (Å²) in [6.45, 7) is 7.07. The molecular formula is C21H31N5OS. The lowest BCUT2D eigenvalue weighted by Crippen LogP contribution is -2.36. The normalized spacial score (nSPS) is 17.9. The summed E-state index contributed by atoms with van der Waals surface area (Å²) in [5, 5.41) is 8.49. The quantitative estimate of drug-likeness (QED) is 0.658. The molecule has 0 aliphatic carbocycles. The summed E-state index contributed by atoms with van der Waals surface area (Å²) < 4.78 is 0. The highest BCUT2D eigenvalue weighted by atomic mass is 32.1. The van der Waals surface area contributed by atoms with Gasteiger partial charge in [0, 0.05) is 37.0 Å². The second-order valence-electron chi connectivity index (χ2n) is 7.49. The van der Waals surface area contributed by atoms with Crippen molar-refractivity contribution in [2.24, 2.45) is 5.92 Å². The van der Waals surface area contributed by atoms with Crippen LogP contribution in [0.4, 0.5) is 11.6 Å². The van der Waals surface area contributed by atoms with Crippen LogP contribution in [0.15, 0.2) is 29.9 Å². The minimum Gasteiger partial charge on any atom is -0.370 e. The molecule has 3 rings (SSSR count). The van der Waals surface area contributed by atoms with Gasteiger partial charge in [-0.15, -0.1) is 11.3 Å². The molecule has 1 aliphatic heterocycles. The van der Waals surface area contributed by atoms with E-state index in [0.717, 1.165) is 50.5 Å². The van der Waals surface area contributed by atoms with Gasteiger partial charge in [-0.2, -0.15) is 0 Å². The minimum absolute atomic E-state index is 0.0883. The molecule has 152 valence electrons. The number of nitrogens with one attached hydrogen (secondary N) is 2. The van der Waals surface area contributed by atoms with Crippen molar-refractivity contribution in [2.75, 3.05) is 29.9 Å². The van der Waals surface area contributed by atoms with Gasteiger partial charge in [0.25, 0.3) is 0 Å². The summed E-state index contributed by atoms with van der Waals surface area (Å²) >= 11 is 1.68. The van der Waals surface area contributed by atoms with Crippen molar-refractivity contribution >= 4 is 28.9 Å². The molecule has 1 aliphatic rings. The third kappa shape index (κ3) is 5.92. The van der Waals surface area contributed by atoms with E-state index in [0.29, 0.717) is 12.3 Å². The van der Waals surface area contributed by atoms with E-state index in [2.05, 4.69) is 38.5 Å². The fraction of sp³-hybridized carbons (Fsp3) is 0.571. The van der Waals surface area contributed by atoms with E-state index in [9.17, 15) is 4.79 Å². The average molecular weight is 402 g/mol. The molecule has 0 aromatic carbocycles. The topological polar surface area (TPSA) is 70.2 Å². The second kappa shape index (κ2) is 10.4. The Bertz CT molecular complexity index is 736. The first-order valence-corrected chi connectivity index (χ1v) is 11.2. The van der Waals surface area contributed by atoms with E-state index in [1.54, 1.807) is 17.7 Å². The van der Waals surface area contributed by atoms with Gasteiger partial charge in [-0.1, -0.05) is 13.0 Å². The van der Waals surface area contributed by atoms with Crippen molar-refractivity contribution in [3.8, 4) is 0 Å². The van der Waals surface area contributed by atoms with Crippen LogP contribution in [-0.4, -0.2) is 35.5 Å². The number of carbonyl (C=O) groups excluding carboxylic acids is 1. The molecule has 28 heavy (non-hydrogen) atoms. The molecule has 3 heterocycles. The van der Waals surface area contributed by atoms with Gasteiger partial charge in [0.05, 0.1) is 6.04 Å². The monoisotopic (exact) mass is 401 g/mol. The SMILES string of the molecule is CCCNc1cc(N2CCC[C@H](CCC(=O)N[C@@H](C)c3cccs3)C2)ncn1. The van der Waals surface area contributed by atoms with E-state index in [-0.39, 0.29) is 11.9 Å². The average Bonchev–Trinajstić information content (AvgIpc) is 3.26. The molecule has 1 fully saturated rings. The Balaban J connectivity index is 1.47. The maximum atomic E-state index is 12.3. The predicted octanol–water partition coefficient (Wildman–Crippen LogP) is 4.23. The molecule has 0 saturated carbocycles. The minimum atomic E-state index is 0.0883. The molecule has 2 aromatic rings. The Kier molecular flexibility index (Phi) is 7.65. The molecule has 2 atom stereocenters. The van der Waals surface area contributed by atoms with Crippen LogP contribution in [0.1, 0.15) is 56.9 Å². The fourth-order valence-electron chi connectivity index (χ4n) is 3.64. The first-order chi connectivity index (χ1) is 13.7. The Hall–Kier alpha value is -2.15. The van der Waals surface area contributed by atoms with E-state index in [1.807, 2.05) is 24.4 Å². The summed E-state index contributed by atoms with van der Waals surface area (Å²) in [5.41, 5.74) is 0. The molecule has 2 N–H and O–H groups in total. The first-order valence-electron chi connectivity index (χ1n) is 10.3. The Morgan fingerprint density at radius 3 is 3.11 bits per heavy atom. The number of thiophene rings is 1. The van der Waals surface area contributed by atoms with E-state index in [4.69, 9.17) is 0 Å². The smallest absolute Gasteiger partial charge is 0.220 e. The third-order valence-electron chi connectivity index (χ3n) is 5.18. The van der Waals surface area contributed by atoms with E-state index >= 15 is 0 Å². The lowest BCUT2D eigenvalue weighted by atomic mass is 9.93. The highest BCUT2D eigenvalue weighted by Crippen LogP contribution is 2.26. The van der Waals surface area contributed by atoms with Gasteiger partial charge in [0.15, 0.2) is 0 Å². The lowest BCUT2D eigenvalue weighted by molar-refractivity contribution is -0.122. The van der Waals surface area contributed by atoms with Gasteiger partial charge in [0.1, 0.15) is 18.0 Å². The molecule has 2 aromatic heterocycles. The number of aromatic nitrogens is 2. The number of nitrogens with zero attached hydrogens (tertiary/aromatic N) is 3. The molecule has 1 amide bonds. The second-order valence-corrected chi connectivity index (χ2v) is 8.47. The number of rotatable bonds is 9. The number of anilines is 2. The van der Waals surface area contributed by atoms with Crippen LogP contribution in [0.2, 0.25) is 0 Å². The number of hydrogen-bond acceptors (Lipinski definition) is 6. The molecule has 0 bridgehead atoms. The molecular weight excluding hydrogens is 370 g/mol. The summed E-state index contributed by atoms with van der Waals surface area (Å²) in [5.74, 6) is 2.54. The van der Waals surface area contributed by atoms with Crippen molar-refractivity contribution in [1.82, 2.24) is 15.3 Å². The number of carbonyl (C=O) groups is 1. The zero-order valence-electron chi connectivity index (χ0n) is 16.9. The van der Waals surface area contributed by atoms with Crippen molar-refractivity contribution in [2.45, 2.75) is 52.0 Å².